The quantitative estimate of drug-likeness (QED) is 0.279. The molecule has 0 saturated heterocycles. The van der Waals surface area contributed by atoms with Gasteiger partial charge in [-0.3, -0.25) is 9.79 Å². The van der Waals surface area contributed by atoms with E-state index in [1.807, 2.05) is 20.8 Å². The van der Waals surface area contributed by atoms with Gasteiger partial charge in [-0.1, -0.05) is 0 Å². The molecule has 0 aromatic rings. The normalized spacial score (nSPS) is 12.4. The van der Waals surface area contributed by atoms with Crippen molar-refractivity contribution in [2.24, 2.45) is 4.99 Å². The van der Waals surface area contributed by atoms with E-state index in [0.29, 0.717) is 5.96 Å². The minimum Gasteiger partial charge on any atom is -0.459 e. The van der Waals surface area contributed by atoms with E-state index in [1.165, 1.54) is 0 Å². The summed E-state index contributed by atoms with van der Waals surface area (Å²) in [6, 6.07) is 0. The molecule has 22 heavy (non-hydrogen) atoms. The minimum absolute atomic E-state index is 0.0978. The first-order chi connectivity index (χ1) is 10.3. The highest BCUT2D eigenvalue weighted by Crippen LogP contribution is 2.05. The van der Waals surface area contributed by atoms with Gasteiger partial charge in [0.2, 0.25) is 0 Å². The number of carbonyl (C=O) groups excluding carboxylic acids is 1. The predicted molar refractivity (Wildman–Crippen MR) is 89.2 cm³/mol. The summed E-state index contributed by atoms with van der Waals surface area (Å²) in [5.74, 6) is 0.295. The first-order valence-electron chi connectivity index (χ1n) is 7.62. The minimum atomic E-state index is -0.472. The Morgan fingerprint density at radius 3 is 2.45 bits per heavy atom. The third kappa shape index (κ3) is 12.4. The Balaban J connectivity index is 3.87. The molecule has 0 bridgehead atoms. The molecule has 0 atom stereocenters. The summed E-state index contributed by atoms with van der Waals surface area (Å²) in [7, 11) is 5.45. The van der Waals surface area contributed by atoms with Crippen molar-refractivity contribution in [3.8, 4) is 0 Å². The highest BCUT2D eigenvalue weighted by Gasteiger charge is 2.16. The molecule has 0 aromatic heterocycles. The molecule has 0 aliphatic rings. The fourth-order valence-corrected chi connectivity index (χ4v) is 1.71. The smallest absolute Gasteiger partial charge is 0.325 e. The third-order valence-electron chi connectivity index (χ3n) is 2.72. The van der Waals surface area contributed by atoms with E-state index in [2.05, 4.69) is 27.6 Å². The van der Waals surface area contributed by atoms with Gasteiger partial charge in [-0.05, 0) is 34.2 Å². The van der Waals surface area contributed by atoms with Crippen molar-refractivity contribution in [1.82, 2.24) is 15.5 Å². The molecule has 7 nitrogen and oxygen atoms in total. The second kappa shape index (κ2) is 11.3. The van der Waals surface area contributed by atoms with Crippen LogP contribution < -0.4 is 10.6 Å². The van der Waals surface area contributed by atoms with Crippen LogP contribution in [-0.4, -0.2) is 76.4 Å². The van der Waals surface area contributed by atoms with E-state index >= 15 is 0 Å². The molecule has 0 aromatic carbocycles. The Morgan fingerprint density at radius 1 is 1.23 bits per heavy atom. The number of rotatable bonds is 9. The lowest BCUT2D eigenvalue weighted by Gasteiger charge is -2.20. The Kier molecular flexibility index (Phi) is 10.6. The van der Waals surface area contributed by atoms with E-state index in [0.717, 1.165) is 32.7 Å². The van der Waals surface area contributed by atoms with Crippen LogP contribution in [0.2, 0.25) is 0 Å². The van der Waals surface area contributed by atoms with Gasteiger partial charge in [0.15, 0.2) is 5.96 Å². The van der Waals surface area contributed by atoms with Crippen LogP contribution >= 0.6 is 0 Å². The number of hydrogen-bond acceptors (Lipinski definition) is 5. The van der Waals surface area contributed by atoms with Crippen molar-refractivity contribution in [3.63, 3.8) is 0 Å². The lowest BCUT2D eigenvalue weighted by Crippen LogP contribution is -2.44. The van der Waals surface area contributed by atoms with Crippen LogP contribution in [0.1, 0.15) is 27.2 Å². The molecule has 7 heteroatoms. The van der Waals surface area contributed by atoms with Crippen molar-refractivity contribution >= 4 is 11.9 Å². The van der Waals surface area contributed by atoms with Crippen molar-refractivity contribution < 1.29 is 14.3 Å². The number of methoxy groups -OCH3 is 1. The van der Waals surface area contributed by atoms with E-state index in [4.69, 9.17) is 9.47 Å². The fraction of sp³-hybridized carbons (Fsp3) is 0.867. The number of nitrogens with zero attached hydrogens (tertiary/aromatic N) is 2. The number of nitrogens with one attached hydrogen (secondary N) is 2. The average molecular weight is 316 g/mol. The van der Waals surface area contributed by atoms with Crippen molar-refractivity contribution in [2.45, 2.75) is 32.8 Å². The highest BCUT2D eigenvalue weighted by atomic mass is 16.6. The number of aliphatic imine (C=N–C) groups is 1. The zero-order valence-corrected chi connectivity index (χ0v) is 14.9. The number of hydrogen-bond donors (Lipinski definition) is 2. The van der Waals surface area contributed by atoms with Gasteiger partial charge in [-0.2, -0.15) is 0 Å². The largest absolute Gasteiger partial charge is 0.459 e. The van der Waals surface area contributed by atoms with Gasteiger partial charge in [0, 0.05) is 40.4 Å². The molecular formula is C15H32N4O3. The molecule has 0 fully saturated rings. The zero-order valence-electron chi connectivity index (χ0n) is 14.9. The van der Waals surface area contributed by atoms with E-state index in [-0.39, 0.29) is 12.5 Å². The second-order valence-corrected chi connectivity index (χ2v) is 6.09. The van der Waals surface area contributed by atoms with E-state index in [1.54, 1.807) is 14.2 Å². The standard InChI is InChI=1S/C15H32N4O3/c1-15(2,3)22-13(20)12-18-14(16-4)17-8-10-19(5)9-7-11-21-6/h7-12H2,1-6H3,(H2,16,17,18). The van der Waals surface area contributed by atoms with Crippen LogP contribution in [-0.2, 0) is 14.3 Å². The topological polar surface area (TPSA) is 75.2 Å². The monoisotopic (exact) mass is 316 g/mol. The van der Waals surface area contributed by atoms with Crippen molar-refractivity contribution in [1.29, 1.82) is 0 Å². The predicted octanol–water partition coefficient (Wildman–Crippen LogP) is 0.461. The lowest BCUT2D eigenvalue weighted by molar-refractivity contribution is -0.153. The van der Waals surface area contributed by atoms with Crippen LogP contribution in [0.5, 0.6) is 0 Å². The summed E-state index contributed by atoms with van der Waals surface area (Å²) >= 11 is 0. The van der Waals surface area contributed by atoms with Gasteiger partial charge >= 0.3 is 5.97 Å². The molecule has 0 saturated carbocycles. The molecule has 0 rings (SSSR count). The maximum atomic E-state index is 11.6. The van der Waals surface area contributed by atoms with E-state index in [9.17, 15) is 4.79 Å². The van der Waals surface area contributed by atoms with Gasteiger partial charge in [0.1, 0.15) is 12.1 Å². The van der Waals surface area contributed by atoms with Gasteiger partial charge in [0.25, 0.3) is 0 Å². The highest BCUT2D eigenvalue weighted by molar-refractivity contribution is 5.84. The molecule has 0 radical (unpaired) electrons. The average Bonchev–Trinajstić information content (AvgIpc) is 2.41. The molecule has 0 aliphatic carbocycles. The molecule has 0 heterocycles. The Morgan fingerprint density at radius 2 is 1.91 bits per heavy atom. The lowest BCUT2D eigenvalue weighted by atomic mass is 10.2. The maximum Gasteiger partial charge on any atom is 0.325 e. The summed E-state index contributed by atoms with van der Waals surface area (Å²) in [6.07, 6.45) is 1.01. The summed E-state index contributed by atoms with van der Waals surface area (Å²) < 4.78 is 10.3. The molecule has 0 unspecified atom stereocenters. The van der Waals surface area contributed by atoms with Crippen molar-refractivity contribution in [3.05, 3.63) is 0 Å². The number of ether oxygens (including phenoxy) is 2. The summed E-state index contributed by atoms with van der Waals surface area (Å²) in [4.78, 5) is 17.9. The molecule has 0 spiro atoms. The number of likely N-dealkylation sites (N-methyl/N-ethyl adjacent to an activating group) is 1. The van der Waals surface area contributed by atoms with E-state index < -0.39 is 5.60 Å². The molecule has 130 valence electrons. The summed E-state index contributed by atoms with van der Waals surface area (Å²) in [6.45, 7) is 9.03. The van der Waals surface area contributed by atoms with Crippen molar-refractivity contribution in [2.75, 3.05) is 54.0 Å². The van der Waals surface area contributed by atoms with Crippen LogP contribution in [0.4, 0.5) is 0 Å². The van der Waals surface area contributed by atoms with Crippen LogP contribution in [0.15, 0.2) is 4.99 Å². The Bertz CT molecular complexity index is 340. The Labute approximate surface area is 134 Å². The first kappa shape index (κ1) is 20.7. The van der Waals surface area contributed by atoms with Crippen LogP contribution in [0.25, 0.3) is 0 Å². The maximum absolute atomic E-state index is 11.6. The van der Waals surface area contributed by atoms with Gasteiger partial charge < -0.3 is 25.0 Å². The number of carbonyl (C=O) groups is 1. The first-order valence-corrected chi connectivity index (χ1v) is 7.62. The number of esters is 1. The summed E-state index contributed by atoms with van der Waals surface area (Å²) in [5, 5.41) is 6.11. The zero-order chi connectivity index (χ0) is 17.0. The molecule has 0 amide bonds. The van der Waals surface area contributed by atoms with Gasteiger partial charge in [0.05, 0.1) is 0 Å². The Hall–Kier alpha value is -1.34. The van der Waals surface area contributed by atoms with Crippen LogP contribution in [0.3, 0.4) is 0 Å². The molecule has 0 aliphatic heterocycles. The fourth-order valence-electron chi connectivity index (χ4n) is 1.71. The second-order valence-electron chi connectivity index (χ2n) is 6.09. The SMILES string of the molecule is CN=C(NCCN(C)CCCOC)NCC(=O)OC(C)(C)C. The van der Waals surface area contributed by atoms with Gasteiger partial charge in [-0.25, -0.2) is 0 Å². The third-order valence-corrected chi connectivity index (χ3v) is 2.72. The number of guanidine groups is 1. The summed E-state index contributed by atoms with van der Waals surface area (Å²) in [5.41, 5.74) is -0.472. The molecular weight excluding hydrogens is 284 g/mol. The van der Waals surface area contributed by atoms with Crippen LogP contribution in [0, 0.1) is 0 Å². The molecule has 2 N–H and O–H groups in total. The van der Waals surface area contributed by atoms with Gasteiger partial charge in [-0.15, -0.1) is 0 Å².